The predicted octanol–water partition coefficient (Wildman–Crippen LogP) is 3.31. The third kappa shape index (κ3) is 5.45. The van der Waals surface area contributed by atoms with Gasteiger partial charge in [-0.3, -0.25) is 9.69 Å². The maximum Gasteiger partial charge on any atom is 0.257 e. The fourth-order valence-electron chi connectivity index (χ4n) is 4.01. The highest BCUT2D eigenvalue weighted by molar-refractivity contribution is 7.89. The van der Waals surface area contributed by atoms with E-state index in [9.17, 15) is 13.2 Å². The van der Waals surface area contributed by atoms with Gasteiger partial charge < -0.3 is 9.15 Å². The number of furan rings is 1. The summed E-state index contributed by atoms with van der Waals surface area (Å²) in [7, 11) is -0.312. The van der Waals surface area contributed by atoms with Gasteiger partial charge in [0.25, 0.3) is 5.91 Å². The molecule has 0 saturated heterocycles. The first-order valence-electron chi connectivity index (χ1n) is 11.1. The Morgan fingerprint density at radius 2 is 1.89 bits per heavy atom. The highest BCUT2D eigenvalue weighted by Gasteiger charge is 2.35. The number of primary sulfonamides is 1. The fraction of sp³-hybridized carbons (Fsp3) is 0.280. The standard InChI is InChI=1S/C25H28N4O5S/c1-17(18-8-12-21(13-9-18)35(26,31)32)28(2)16-25(30)29-23(24-5-4-14-34-24)15-22(27-29)19-6-10-20(33-3)11-7-19/h4-14,17,23H,15-16H2,1-3H3,(H2,26,31,32)/t17-,23+/m1/s1. The topological polar surface area (TPSA) is 118 Å². The minimum absolute atomic E-state index is 0.0472. The van der Waals surface area contributed by atoms with Gasteiger partial charge in [0.2, 0.25) is 10.0 Å². The summed E-state index contributed by atoms with van der Waals surface area (Å²) in [4.78, 5) is 15.3. The first-order chi connectivity index (χ1) is 16.7. The molecule has 1 aliphatic rings. The van der Waals surface area contributed by atoms with Gasteiger partial charge in [0.15, 0.2) is 0 Å². The number of likely N-dealkylation sites (N-methyl/N-ethyl adjacent to an activating group) is 1. The molecule has 1 aromatic heterocycles. The van der Waals surface area contributed by atoms with Crippen LogP contribution in [0, 0.1) is 0 Å². The van der Waals surface area contributed by atoms with E-state index >= 15 is 0 Å². The zero-order valence-corrected chi connectivity index (χ0v) is 20.6. The van der Waals surface area contributed by atoms with E-state index in [0.717, 1.165) is 22.6 Å². The molecule has 0 bridgehead atoms. The fourth-order valence-corrected chi connectivity index (χ4v) is 4.53. The van der Waals surface area contributed by atoms with Gasteiger partial charge in [-0.2, -0.15) is 5.10 Å². The number of amides is 1. The van der Waals surface area contributed by atoms with Crippen molar-refractivity contribution in [2.24, 2.45) is 10.2 Å². The van der Waals surface area contributed by atoms with Crippen molar-refractivity contribution in [1.82, 2.24) is 9.91 Å². The highest BCUT2D eigenvalue weighted by atomic mass is 32.2. The van der Waals surface area contributed by atoms with E-state index in [1.54, 1.807) is 31.6 Å². The van der Waals surface area contributed by atoms with Gasteiger partial charge in [0.1, 0.15) is 17.6 Å². The third-order valence-corrected chi connectivity index (χ3v) is 7.13. The van der Waals surface area contributed by atoms with Crippen LogP contribution >= 0.6 is 0 Å². The highest BCUT2D eigenvalue weighted by Crippen LogP contribution is 2.34. The number of methoxy groups -OCH3 is 1. The lowest BCUT2D eigenvalue weighted by molar-refractivity contribution is -0.134. The summed E-state index contributed by atoms with van der Waals surface area (Å²) < 4.78 is 33.9. The smallest absolute Gasteiger partial charge is 0.257 e. The Labute approximate surface area is 204 Å². The summed E-state index contributed by atoms with van der Waals surface area (Å²) in [6.45, 7) is 2.05. The molecule has 1 amide bonds. The molecule has 0 unspecified atom stereocenters. The number of nitrogens with zero attached hydrogens (tertiary/aromatic N) is 3. The summed E-state index contributed by atoms with van der Waals surface area (Å²) in [5.41, 5.74) is 2.56. The zero-order valence-electron chi connectivity index (χ0n) is 19.8. The Bertz CT molecular complexity index is 1300. The number of benzene rings is 2. The molecule has 2 N–H and O–H groups in total. The molecular formula is C25H28N4O5S. The second kappa shape index (κ2) is 10.0. The maximum absolute atomic E-state index is 13.4. The van der Waals surface area contributed by atoms with E-state index in [1.807, 2.05) is 49.2 Å². The number of sulfonamides is 1. The minimum Gasteiger partial charge on any atom is -0.497 e. The van der Waals surface area contributed by atoms with E-state index < -0.39 is 10.0 Å². The van der Waals surface area contributed by atoms with Crippen LogP contribution < -0.4 is 9.88 Å². The minimum atomic E-state index is -3.76. The molecule has 0 aliphatic carbocycles. The van der Waals surface area contributed by atoms with Crippen LogP contribution in [0.4, 0.5) is 0 Å². The summed E-state index contributed by atoms with van der Waals surface area (Å²) in [6, 6.07) is 17.1. The molecular weight excluding hydrogens is 468 g/mol. The van der Waals surface area contributed by atoms with Gasteiger partial charge in [0, 0.05) is 12.5 Å². The molecule has 184 valence electrons. The molecule has 2 aromatic carbocycles. The number of carbonyl (C=O) groups is 1. The maximum atomic E-state index is 13.4. The van der Waals surface area contributed by atoms with E-state index in [2.05, 4.69) is 5.10 Å². The second-order valence-corrected chi connectivity index (χ2v) is 10.0. The van der Waals surface area contributed by atoms with Gasteiger partial charge in [-0.05, 0) is 73.6 Å². The van der Waals surface area contributed by atoms with Crippen LogP contribution in [0.25, 0.3) is 0 Å². The van der Waals surface area contributed by atoms with Crippen molar-refractivity contribution in [2.45, 2.75) is 30.3 Å². The van der Waals surface area contributed by atoms with Crippen LogP contribution in [0.1, 0.15) is 42.3 Å². The van der Waals surface area contributed by atoms with Gasteiger partial charge in [-0.25, -0.2) is 18.6 Å². The predicted molar refractivity (Wildman–Crippen MR) is 131 cm³/mol. The van der Waals surface area contributed by atoms with Crippen molar-refractivity contribution >= 4 is 21.6 Å². The van der Waals surface area contributed by atoms with Gasteiger partial charge >= 0.3 is 0 Å². The second-order valence-electron chi connectivity index (χ2n) is 8.45. The number of hydrogen-bond acceptors (Lipinski definition) is 7. The van der Waals surface area contributed by atoms with E-state index in [0.29, 0.717) is 12.2 Å². The largest absolute Gasteiger partial charge is 0.497 e. The van der Waals surface area contributed by atoms with Crippen molar-refractivity contribution in [3.05, 3.63) is 83.8 Å². The average Bonchev–Trinajstić information content (AvgIpc) is 3.53. The molecule has 9 nitrogen and oxygen atoms in total. The molecule has 1 aliphatic heterocycles. The summed E-state index contributed by atoms with van der Waals surface area (Å²) in [6.07, 6.45) is 2.11. The monoisotopic (exact) mass is 496 g/mol. The summed E-state index contributed by atoms with van der Waals surface area (Å²) >= 11 is 0. The molecule has 0 saturated carbocycles. The Morgan fingerprint density at radius 3 is 2.46 bits per heavy atom. The van der Waals surface area contributed by atoms with Crippen LogP contribution in [0.5, 0.6) is 5.75 Å². The van der Waals surface area contributed by atoms with Gasteiger partial charge in [-0.1, -0.05) is 12.1 Å². The van der Waals surface area contributed by atoms with E-state index in [-0.39, 0.29) is 29.4 Å². The summed E-state index contributed by atoms with van der Waals surface area (Å²) in [5.74, 6) is 1.24. The lowest BCUT2D eigenvalue weighted by Gasteiger charge is -2.27. The number of hydrogen-bond donors (Lipinski definition) is 1. The SMILES string of the molecule is COc1ccc(C2=NN(C(=O)CN(C)[C@H](C)c3ccc(S(N)(=O)=O)cc3)[C@H](c3ccco3)C2)cc1. The lowest BCUT2D eigenvalue weighted by atomic mass is 10.0. The Hall–Kier alpha value is -3.47. The number of rotatable bonds is 8. The van der Waals surface area contributed by atoms with Crippen LogP contribution in [0.3, 0.4) is 0 Å². The van der Waals surface area contributed by atoms with Crippen molar-refractivity contribution < 1.29 is 22.4 Å². The first-order valence-corrected chi connectivity index (χ1v) is 12.6. The van der Waals surface area contributed by atoms with Crippen LogP contribution in [0.15, 0.2) is 81.3 Å². The summed E-state index contributed by atoms with van der Waals surface area (Å²) in [5, 5.41) is 11.3. The van der Waals surface area contributed by atoms with Crippen molar-refractivity contribution in [1.29, 1.82) is 0 Å². The van der Waals surface area contributed by atoms with E-state index in [1.165, 1.54) is 17.1 Å². The lowest BCUT2D eigenvalue weighted by Crippen LogP contribution is -2.37. The zero-order chi connectivity index (χ0) is 25.2. The van der Waals surface area contributed by atoms with Crippen LogP contribution in [-0.2, 0) is 14.8 Å². The molecule has 2 heterocycles. The quantitative estimate of drug-likeness (QED) is 0.511. The molecule has 0 fully saturated rings. The Balaban J connectivity index is 1.52. The molecule has 35 heavy (non-hydrogen) atoms. The molecule has 2 atom stereocenters. The number of hydrazone groups is 1. The first kappa shape index (κ1) is 24.6. The molecule has 3 aromatic rings. The van der Waals surface area contributed by atoms with Gasteiger partial charge in [-0.15, -0.1) is 0 Å². The van der Waals surface area contributed by atoms with Gasteiger partial charge in [0.05, 0.1) is 30.5 Å². The molecule has 0 radical (unpaired) electrons. The van der Waals surface area contributed by atoms with E-state index in [4.69, 9.17) is 14.3 Å². The third-order valence-electron chi connectivity index (χ3n) is 6.20. The van der Waals surface area contributed by atoms with Crippen LogP contribution in [-0.4, -0.2) is 50.6 Å². The molecule has 10 heteroatoms. The normalized spacial score (nSPS) is 16.9. The average molecular weight is 497 g/mol. The molecule has 0 spiro atoms. The number of ether oxygens (including phenoxy) is 1. The van der Waals surface area contributed by atoms with Crippen LogP contribution in [0.2, 0.25) is 0 Å². The Morgan fingerprint density at radius 1 is 1.20 bits per heavy atom. The Kier molecular flexibility index (Phi) is 7.06. The number of carbonyl (C=O) groups excluding carboxylic acids is 1. The van der Waals surface area contributed by atoms with Crippen molar-refractivity contribution in [3.63, 3.8) is 0 Å². The number of nitrogens with two attached hydrogens (primary N) is 1. The van der Waals surface area contributed by atoms with Crippen molar-refractivity contribution in [3.8, 4) is 5.75 Å². The van der Waals surface area contributed by atoms with Crippen molar-refractivity contribution in [2.75, 3.05) is 20.7 Å². The molecule has 4 rings (SSSR count).